The van der Waals surface area contributed by atoms with Gasteiger partial charge in [0.25, 0.3) is 0 Å². The number of nitrogens with two attached hydrogens (primary N) is 1. The smallest absolute Gasteiger partial charge is 0.222 e. The maximum atomic E-state index is 11.8. The SMILES string of the molecule is CS(=O)(=O)N1CCCC(CN2CC(N)CCC2=O)C1. The lowest BCUT2D eigenvalue weighted by molar-refractivity contribution is -0.134. The van der Waals surface area contributed by atoms with Gasteiger partial charge >= 0.3 is 0 Å². The summed E-state index contributed by atoms with van der Waals surface area (Å²) >= 11 is 0. The predicted molar refractivity (Wildman–Crippen MR) is 72.9 cm³/mol. The van der Waals surface area contributed by atoms with Gasteiger partial charge in [0.05, 0.1) is 6.26 Å². The highest BCUT2D eigenvalue weighted by atomic mass is 32.2. The van der Waals surface area contributed by atoms with Crippen molar-refractivity contribution in [1.82, 2.24) is 9.21 Å². The number of hydrogen-bond donors (Lipinski definition) is 1. The molecule has 19 heavy (non-hydrogen) atoms. The molecule has 2 aliphatic heterocycles. The van der Waals surface area contributed by atoms with Crippen LogP contribution in [0, 0.1) is 5.92 Å². The number of rotatable bonds is 3. The first-order chi connectivity index (χ1) is 8.86. The lowest BCUT2D eigenvalue weighted by atomic mass is 9.97. The lowest BCUT2D eigenvalue weighted by Gasteiger charge is -2.37. The zero-order valence-electron chi connectivity index (χ0n) is 11.4. The van der Waals surface area contributed by atoms with Crippen LogP contribution in [0.2, 0.25) is 0 Å². The molecule has 2 heterocycles. The molecule has 0 radical (unpaired) electrons. The number of sulfonamides is 1. The maximum Gasteiger partial charge on any atom is 0.222 e. The van der Waals surface area contributed by atoms with Crippen LogP contribution in [0.4, 0.5) is 0 Å². The lowest BCUT2D eigenvalue weighted by Crippen LogP contribution is -2.50. The van der Waals surface area contributed by atoms with Crippen molar-refractivity contribution in [2.45, 2.75) is 31.7 Å². The van der Waals surface area contributed by atoms with Crippen molar-refractivity contribution in [2.24, 2.45) is 11.7 Å². The molecule has 2 aliphatic rings. The Morgan fingerprint density at radius 2 is 2.05 bits per heavy atom. The van der Waals surface area contributed by atoms with Crippen molar-refractivity contribution >= 4 is 15.9 Å². The molecule has 0 spiro atoms. The third-order valence-corrected chi connectivity index (χ3v) is 5.24. The minimum absolute atomic E-state index is 0.0623. The van der Waals surface area contributed by atoms with Crippen molar-refractivity contribution in [2.75, 3.05) is 32.4 Å². The van der Waals surface area contributed by atoms with Crippen molar-refractivity contribution in [1.29, 1.82) is 0 Å². The number of carbonyl (C=O) groups excluding carboxylic acids is 1. The van der Waals surface area contributed by atoms with Crippen LogP contribution in [0.1, 0.15) is 25.7 Å². The Morgan fingerprint density at radius 1 is 1.32 bits per heavy atom. The van der Waals surface area contributed by atoms with Crippen molar-refractivity contribution < 1.29 is 13.2 Å². The van der Waals surface area contributed by atoms with Crippen LogP contribution in [-0.4, -0.2) is 62.0 Å². The molecule has 2 saturated heterocycles. The van der Waals surface area contributed by atoms with Crippen LogP contribution in [-0.2, 0) is 14.8 Å². The van der Waals surface area contributed by atoms with Gasteiger partial charge in [0.2, 0.25) is 15.9 Å². The highest BCUT2D eigenvalue weighted by Crippen LogP contribution is 2.21. The highest BCUT2D eigenvalue weighted by molar-refractivity contribution is 7.88. The van der Waals surface area contributed by atoms with Gasteiger partial charge in [0.15, 0.2) is 0 Å². The first-order valence-electron chi connectivity index (χ1n) is 6.84. The molecule has 7 heteroatoms. The Hall–Kier alpha value is -0.660. The Balaban J connectivity index is 1.93. The fourth-order valence-electron chi connectivity index (χ4n) is 2.91. The second-order valence-electron chi connectivity index (χ2n) is 5.73. The van der Waals surface area contributed by atoms with Crippen LogP contribution in [0.3, 0.4) is 0 Å². The number of carbonyl (C=O) groups is 1. The molecular weight excluding hydrogens is 266 g/mol. The molecule has 2 fully saturated rings. The summed E-state index contributed by atoms with van der Waals surface area (Å²) in [5, 5.41) is 0. The van der Waals surface area contributed by atoms with Crippen molar-refractivity contribution in [3.8, 4) is 0 Å². The molecule has 110 valence electrons. The van der Waals surface area contributed by atoms with Crippen LogP contribution in [0.25, 0.3) is 0 Å². The Bertz CT molecular complexity index is 438. The minimum Gasteiger partial charge on any atom is -0.341 e. The van der Waals surface area contributed by atoms with Crippen molar-refractivity contribution in [3.05, 3.63) is 0 Å². The molecule has 0 aromatic rings. The summed E-state index contributed by atoms with van der Waals surface area (Å²) in [7, 11) is -3.12. The molecule has 0 aromatic heterocycles. The van der Waals surface area contributed by atoms with Gasteiger partial charge in [-0.3, -0.25) is 4.79 Å². The van der Waals surface area contributed by atoms with Gasteiger partial charge in [-0.25, -0.2) is 12.7 Å². The third kappa shape index (κ3) is 3.90. The van der Waals surface area contributed by atoms with E-state index in [1.165, 1.54) is 10.6 Å². The van der Waals surface area contributed by atoms with Crippen LogP contribution in [0.5, 0.6) is 0 Å². The first-order valence-corrected chi connectivity index (χ1v) is 8.69. The molecular formula is C12H23N3O3S. The molecule has 2 N–H and O–H groups in total. The summed E-state index contributed by atoms with van der Waals surface area (Å²) in [6, 6.07) is 0.0623. The largest absolute Gasteiger partial charge is 0.341 e. The summed E-state index contributed by atoms with van der Waals surface area (Å²) in [6.45, 7) is 2.37. The molecule has 2 atom stereocenters. The predicted octanol–water partition coefficient (Wildman–Crippen LogP) is -0.392. The topological polar surface area (TPSA) is 83.7 Å². The standard InChI is InChI=1S/C12H23N3O3S/c1-19(17,18)15-6-2-3-10(8-15)7-14-9-11(13)4-5-12(14)16/h10-11H,2-9,13H2,1H3. The quantitative estimate of drug-likeness (QED) is 0.767. The van der Waals surface area contributed by atoms with E-state index in [9.17, 15) is 13.2 Å². The highest BCUT2D eigenvalue weighted by Gasteiger charge is 2.30. The van der Waals surface area contributed by atoms with Gasteiger partial charge in [0, 0.05) is 38.6 Å². The molecule has 0 bridgehead atoms. The zero-order valence-corrected chi connectivity index (χ0v) is 12.2. The summed E-state index contributed by atoms with van der Waals surface area (Å²) < 4.78 is 24.7. The van der Waals surface area contributed by atoms with E-state index >= 15 is 0 Å². The molecule has 2 rings (SSSR count). The Labute approximate surface area is 115 Å². The number of nitrogens with zero attached hydrogens (tertiary/aromatic N) is 2. The number of amides is 1. The van der Waals surface area contributed by atoms with Gasteiger partial charge in [-0.15, -0.1) is 0 Å². The van der Waals surface area contributed by atoms with E-state index < -0.39 is 10.0 Å². The van der Waals surface area contributed by atoms with Gasteiger partial charge in [-0.1, -0.05) is 0 Å². The van der Waals surface area contributed by atoms with Crippen LogP contribution < -0.4 is 5.73 Å². The molecule has 0 aliphatic carbocycles. The molecule has 6 nitrogen and oxygen atoms in total. The molecule has 0 saturated carbocycles. The van der Waals surface area contributed by atoms with Crippen LogP contribution >= 0.6 is 0 Å². The minimum atomic E-state index is -3.12. The monoisotopic (exact) mass is 289 g/mol. The summed E-state index contributed by atoms with van der Waals surface area (Å²) in [5.41, 5.74) is 5.89. The number of likely N-dealkylation sites (tertiary alicyclic amines) is 1. The van der Waals surface area contributed by atoms with Gasteiger partial charge in [-0.2, -0.15) is 0 Å². The fourth-order valence-corrected chi connectivity index (χ4v) is 3.85. The van der Waals surface area contributed by atoms with E-state index in [4.69, 9.17) is 5.73 Å². The number of piperidine rings is 2. The second kappa shape index (κ2) is 5.76. The average molecular weight is 289 g/mol. The fraction of sp³-hybridized carbons (Fsp3) is 0.917. The average Bonchev–Trinajstić information content (AvgIpc) is 2.33. The Kier molecular flexibility index (Phi) is 4.47. The van der Waals surface area contributed by atoms with E-state index in [-0.39, 0.29) is 17.9 Å². The van der Waals surface area contributed by atoms with E-state index in [1.807, 2.05) is 4.90 Å². The van der Waals surface area contributed by atoms with Gasteiger partial charge in [-0.05, 0) is 25.2 Å². The maximum absolute atomic E-state index is 11.8. The van der Waals surface area contributed by atoms with Gasteiger partial charge in [0.1, 0.15) is 0 Å². The van der Waals surface area contributed by atoms with Crippen molar-refractivity contribution in [3.63, 3.8) is 0 Å². The van der Waals surface area contributed by atoms with E-state index in [2.05, 4.69) is 0 Å². The normalized spacial score (nSPS) is 30.6. The van der Waals surface area contributed by atoms with E-state index in [0.29, 0.717) is 32.6 Å². The van der Waals surface area contributed by atoms with Crippen LogP contribution in [0.15, 0.2) is 0 Å². The number of hydrogen-bond acceptors (Lipinski definition) is 4. The molecule has 1 amide bonds. The Morgan fingerprint density at radius 3 is 2.74 bits per heavy atom. The van der Waals surface area contributed by atoms with E-state index in [1.54, 1.807) is 0 Å². The molecule has 2 unspecified atom stereocenters. The van der Waals surface area contributed by atoms with Gasteiger partial charge < -0.3 is 10.6 Å². The summed E-state index contributed by atoms with van der Waals surface area (Å²) in [5.74, 6) is 0.385. The second-order valence-corrected chi connectivity index (χ2v) is 7.71. The third-order valence-electron chi connectivity index (χ3n) is 3.97. The zero-order chi connectivity index (χ0) is 14.0. The summed E-state index contributed by atoms with van der Waals surface area (Å²) in [4.78, 5) is 13.6. The first kappa shape index (κ1) is 14.7. The molecule has 0 aromatic carbocycles. The van der Waals surface area contributed by atoms with E-state index in [0.717, 1.165) is 19.3 Å². The summed E-state index contributed by atoms with van der Waals surface area (Å²) in [6.07, 6.45) is 4.37.